The number of ether oxygens (including phenoxy) is 2. The summed E-state index contributed by atoms with van der Waals surface area (Å²) in [4.78, 5) is 35.2. The molecular formula is C28H40N4O6S2. The van der Waals surface area contributed by atoms with Crippen molar-refractivity contribution in [3.05, 3.63) is 40.4 Å². The molecule has 10 nitrogen and oxygen atoms in total. The minimum absolute atomic E-state index is 0.00631. The largest absolute Gasteiger partial charge is 0.444 e. The summed E-state index contributed by atoms with van der Waals surface area (Å²) in [7, 11) is -3.27. The van der Waals surface area contributed by atoms with Gasteiger partial charge >= 0.3 is 6.09 Å². The second-order valence-electron chi connectivity index (χ2n) is 11.7. The molecule has 12 heteroatoms. The van der Waals surface area contributed by atoms with Gasteiger partial charge in [0.1, 0.15) is 12.3 Å². The maximum Gasteiger partial charge on any atom is 0.412 e. The second-order valence-corrected chi connectivity index (χ2v) is 15.0. The van der Waals surface area contributed by atoms with E-state index in [1.54, 1.807) is 36.1 Å². The number of fused-ring (bicyclic) bond motifs is 1. The number of thiazole rings is 1. The Kier molecular flexibility index (Phi) is 9.23. The third kappa shape index (κ3) is 7.39. The summed E-state index contributed by atoms with van der Waals surface area (Å²) >= 11 is 1.49. The molecule has 2 aliphatic rings. The fourth-order valence-electron chi connectivity index (χ4n) is 4.98. The zero-order chi connectivity index (χ0) is 29.2. The van der Waals surface area contributed by atoms with Crippen LogP contribution in [0.2, 0.25) is 0 Å². The third-order valence-corrected chi connectivity index (χ3v) is 9.65. The predicted molar refractivity (Wildman–Crippen MR) is 154 cm³/mol. The molecule has 2 amide bonds. The third-order valence-electron chi connectivity index (χ3n) is 6.93. The molecule has 0 radical (unpaired) electrons. The minimum Gasteiger partial charge on any atom is -0.444 e. The van der Waals surface area contributed by atoms with Gasteiger partial charge in [0.05, 0.1) is 34.9 Å². The van der Waals surface area contributed by atoms with E-state index in [-0.39, 0.29) is 47.9 Å². The van der Waals surface area contributed by atoms with Crippen LogP contribution in [-0.4, -0.2) is 72.5 Å². The van der Waals surface area contributed by atoms with Crippen LogP contribution in [0, 0.1) is 5.92 Å². The van der Waals surface area contributed by atoms with E-state index in [1.165, 1.54) is 11.3 Å². The van der Waals surface area contributed by atoms with E-state index >= 15 is 0 Å². The Morgan fingerprint density at radius 3 is 2.50 bits per heavy atom. The number of aromatic nitrogens is 1. The van der Waals surface area contributed by atoms with Crippen LogP contribution in [0.3, 0.4) is 0 Å². The molecule has 0 unspecified atom stereocenters. The zero-order valence-corrected chi connectivity index (χ0v) is 25.7. The van der Waals surface area contributed by atoms with Gasteiger partial charge in [0.15, 0.2) is 15.0 Å². The quantitative estimate of drug-likeness (QED) is 0.472. The lowest BCUT2D eigenvalue weighted by molar-refractivity contribution is -0.115. The van der Waals surface area contributed by atoms with Gasteiger partial charge in [-0.1, -0.05) is 32.9 Å². The molecule has 0 spiro atoms. The second kappa shape index (κ2) is 12.1. The van der Waals surface area contributed by atoms with Crippen molar-refractivity contribution in [1.29, 1.82) is 0 Å². The summed E-state index contributed by atoms with van der Waals surface area (Å²) in [5.41, 5.74) is 1.19. The minimum atomic E-state index is -3.27. The van der Waals surface area contributed by atoms with Crippen LogP contribution in [0.5, 0.6) is 0 Å². The van der Waals surface area contributed by atoms with Crippen LogP contribution in [0.4, 0.5) is 9.93 Å². The summed E-state index contributed by atoms with van der Waals surface area (Å²) in [6.07, 6.45) is 0.519. The molecule has 0 aliphatic carbocycles. The molecule has 2 atom stereocenters. The summed E-state index contributed by atoms with van der Waals surface area (Å²) in [6.45, 7) is 13.8. The van der Waals surface area contributed by atoms with Crippen LogP contribution in [0.1, 0.15) is 70.1 Å². The van der Waals surface area contributed by atoms with E-state index in [0.717, 1.165) is 35.6 Å². The molecule has 220 valence electrons. The number of carbonyl (C=O) groups excluding carboxylic acids is 2. The Labute approximate surface area is 241 Å². The topological polar surface area (TPSA) is 118 Å². The number of nitrogens with zero attached hydrogens (tertiary/aromatic N) is 3. The van der Waals surface area contributed by atoms with Crippen molar-refractivity contribution >= 4 is 38.3 Å². The van der Waals surface area contributed by atoms with Crippen LogP contribution >= 0.6 is 11.3 Å². The van der Waals surface area contributed by atoms with Crippen LogP contribution < -0.4 is 5.32 Å². The number of carbonyl (C=O) groups is 2. The number of rotatable bonds is 8. The maximum atomic E-state index is 12.7. The fraction of sp³-hybridized carbons (Fsp3) is 0.607. The first kappa shape index (κ1) is 30.4. The summed E-state index contributed by atoms with van der Waals surface area (Å²) in [5, 5.41) is 3.50. The SMILES string of the molecule is CCS(=O)(=O)c1ccc(CC(=O)Nc2nc3c(s2)CN(C[C@@H]2CCN(C(=O)OC(C)(C)C)CO2)[C@H]3C(C)C)cc1. The average Bonchev–Trinajstić information content (AvgIpc) is 3.39. The Bertz CT molecular complexity index is 1310. The summed E-state index contributed by atoms with van der Waals surface area (Å²) in [6, 6.07) is 6.56. The fourth-order valence-corrected chi connectivity index (χ4v) is 6.91. The lowest BCUT2D eigenvalue weighted by atomic mass is 10.0. The van der Waals surface area contributed by atoms with E-state index in [4.69, 9.17) is 14.5 Å². The highest BCUT2D eigenvalue weighted by molar-refractivity contribution is 7.91. The number of hydrogen-bond acceptors (Lipinski definition) is 9. The van der Waals surface area contributed by atoms with Gasteiger partial charge in [-0.2, -0.15) is 0 Å². The van der Waals surface area contributed by atoms with Gasteiger partial charge in [-0.25, -0.2) is 18.2 Å². The normalized spacial score (nSPS) is 20.0. The van der Waals surface area contributed by atoms with Crippen molar-refractivity contribution in [3.8, 4) is 0 Å². The lowest BCUT2D eigenvalue weighted by Crippen LogP contribution is -2.47. The van der Waals surface area contributed by atoms with Gasteiger partial charge in [-0.15, -0.1) is 11.3 Å². The molecule has 4 rings (SSSR count). The van der Waals surface area contributed by atoms with Crippen LogP contribution in [0.25, 0.3) is 0 Å². The Balaban J connectivity index is 1.32. The first-order valence-electron chi connectivity index (χ1n) is 13.7. The first-order chi connectivity index (χ1) is 18.8. The van der Waals surface area contributed by atoms with E-state index in [0.29, 0.717) is 17.6 Å². The van der Waals surface area contributed by atoms with E-state index < -0.39 is 15.4 Å². The van der Waals surface area contributed by atoms with Gasteiger partial charge in [-0.05, 0) is 50.8 Å². The number of benzene rings is 1. The molecule has 0 bridgehead atoms. The molecule has 2 aromatic rings. The van der Waals surface area contributed by atoms with Crippen LogP contribution in [-0.2, 0) is 37.1 Å². The highest BCUT2D eigenvalue weighted by Gasteiger charge is 2.38. The van der Waals surface area contributed by atoms with Crippen molar-refractivity contribution in [2.24, 2.45) is 5.92 Å². The van der Waals surface area contributed by atoms with Gasteiger partial charge in [0, 0.05) is 24.5 Å². The molecule has 1 N–H and O–H groups in total. The van der Waals surface area contributed by atoms with Gasteiger partial charge in [0.2, 0.25) is 5.91 Å². The zero-order valence-electron chi connectivity index (χ0n) is 24.1. The van der Waals surface area contributed by atoms with E-state index in [2.05, 4.69) is 24.1 Å². The van der Waals surface area contributed by atoms with Crippen LogP contribution in [0.15, 0.2) is 29.2 Å². The average molecular weight is 593 g/mol. The van der Waals surface area contributed by atoms with Gasteiger partial charge < -0.3 is 14.8 Å². The Morgan fingerprint density at radius 2 is 1.93 bits per heavy atom. The molecule has 1 saturated heterocycles. The lowest BCUT2D eigenvalue weighted by Gasteiger charge is -2.36. The molecular weight excluding hydrogens is 552 g/mol. The van der Waals surface area contributed by atoms with Gasteiger partial charge in [0.25, 0.3) is 0 Å². The molecule has 1 aromatic carbocycles. The number of amides is 2. The molecule has 1 fully saturated rings. The van der Waals surface area contributed by atoms with Crippen molar-refractivity contribution in [1.82, 2.24) is 14.8 Å². The first-order valence-corrected chi connectivity index (χ1v) is 16.2. The van der Waals surface area contributed by atoms with Crippen molar-refractivity contribution in [2.75, 3.05) is 30.9 Å². The molecule has 3 heterocycles. The number of sulfone groups is 1. The highest BCUT2D eigenvalue weighted by Crippen LogP contribution is 2.42. The van der Waals surface area contributed by atoms with Crippen molar-refractivity contribution in [3.63, 3.8) is 0 Å². The van der Waals surface area contributed by atoms with Crippen molar-refractivity contribution < 1.29 is 27.5 Å². The predicted octanol–water partition coefficient (Wildman–Crippen LogP) is 4.61. The number of nitrogens with one attached hydrogen (secondary N) is 1. The Hall–Kier alpha value is -2.54. The summed E-state index contributed by atoms with van der Waals surface area (Å²) in [5.74, 6) is 0.157. The molecule has 2 aliphatic heterocycles. The number of hydrogen-bond donors (Lipinski definition) is 1. The standard InChI is InChI=1S/C28H40N4O6S2/c1-7-40(35,36)21-10-8-19(9-11-21)14-23(33)29-26-30-24-22(39-26)16-32(25(24)18(2)3)15-20-12-13-31(17-37-20)27(34)38-28(4,5)6/h8-11,18,20,25H,7,12-17H2,1-6H3,(H,29,30,33)/t20-,25-/m0/s1. The van der Waals surface area contributed by atoms with E-state index in [1.807, 2.05) is 20.8 Å². The maximum absolute atomic E-state index is 12.7. The van der Waals surface area contributed by atoms with Gasteiger partial charge in [-0.3, -0.25) is 14.6 Å². The molecule has 40 heavy (non-hydrogen) atoms. The highest BCUT2D eigenvalue weighted by atomic mass is 32.2. The molecule has 1 aromatic heterocycles. The monoisotopic (exact) mass is 592 g/mol. The number of anilines is 1. The smallest absolute Gasteiger partial charge is 0.412 e. The Morgan fingerprint density at radius 1 is 1.23 bits per heavy atom. The summed E-state index contributed by atoms with van der Waals surface area (Å²) < 4.78 is 35.5. The van der Waals surface area contributed by atoms with Crippen molar-refractivity contribution in [2.45, 2.75) is 83.6 Å². The van der Waals surface area contributed by atoms with E-state index in [9.17, 15) is 18.0 Å². The molecule has 0 saturated carbocycles.